The van der Waals surface area contributed by atoms with E-state index in [9.17, 15) is 9.59 Å². The molecule has 3 rings (SSSR count). The summed E-state index contributed by atoms with van der Waals surface area (Å²) in [5.41, 5.74) is 0.916. The SMILES string of the molecule is CC(=O)Cn1c(CN2CCCC2)nc2sc(C)c(C)c2c1=O. The van der Waals surface area contributed by atoms with Crippen LogP contribution >= 0.6 is 11.3 Å². The highest BCUT2D eigenvalue weighted by Gasteiger charge is 2.20. The Balaban J connectivity index is 2.15. The molecular formula is C16H21N3O2S. The Labute approximate surface area is 133 Å². The molecule has 0 atom stereocenters. The molecule has 1 fully saturated rings. The molecule has 0 amide bonds. The van der Waals surface area contributed by atoms with Gasteiger partial charge < -0.3 is 0 Å². The summed E-state index contributed by atoms with van der Waals surface area (Å²) in [4.78, 5) is 33.4. The van der Waals surface area contributed by atoms with Gasteiger partial charge in [-0.1, -0.05) is 0 Å². The van der Waals surface area contributed by atoms with Crippen molar-refractivity contribution in [3.63, 3.8) is 0 Å². The Morgan fingerprint density at radius 1 is 1.27 bits per heavy atom. The van der Waals surface area contributed by atoms with Gasteiger partial charge in [0.15, 0.2) is 0 Å². The van der Waals surface area contributed by atoms with Crippen molar-refractivity contribution in [2.45, 2.75) is 46.7 Å². The fraction of sp³-hybridized carbons (Fsp3) is 0.562. The van der Waals surface area contributed by atoms with Crippen LogP contribution in [0.4, 0.5) is 0 Å². The van der Waals surface area contributed by atoms with Crippen LogP contribution in [0.1, 0.15) is 36.0 Å². The monoisotopic (exact) mass is 319 g/mol. The number of fused-ring (bicyclic) bond motifs is 1. The molecule has 0 radical (unpaired) electrons. The summed E-state index contributed by atoms with van der Waals surface area (Å²) >= 11 is 1.56. The predicted molar refractivity (Wildman–Crippen MR) is 88.5 cm³/mol. The number of carbonyl (C=O) groups excluding carboxylic acids is 1. The average molecular weight is 319 g/mol. The highest BCUT2D eigenvalue weighted by molar-refractivity contribution is 7.18. The number of aromatic nitrogens is 2. The molecular weight excluding hydrogens is 298 g/mol. The minimum Gasteiger partial charge on any atom is -0.298 e. The Morgan fingerprint density at radius 3 is 2.59 bits per heavy atom. The van der Waals surface area contributed by atoms with E-state index in [2.05, 4.69) is 4.90 Å². The van der Waals surface area contributed by atoms with Crippen LogP contribution in [0.15, 0.2) is 4.79 Å². The first-order valence-electron chi connectivity index (χ1n) is 7.68. The molecule has 1 saturated heterocycles. The summed E-state index contributed by atoms with van der Waals surface area (Å²) in [5, 5.41) is 0.675. The third-order valence-corrected chi connectivity index (χ3v) is 5.41. The van der Waals surface area contributed by atoms with Crippen molar-refractivity contribution in [2.24, 2.45) is 0 Å². The van der Waals surface area contributed by atoms with Gasteiger partial charge in [0.1, 0.15) is 16.4 Å². The van der Waals surface area contributed by atoms with Crippen molar-refractivity contribution in [1.29, 1.82) is 0 Å². The van der Waals surface area contributed by atoms with Crippen molar-refractivity contribution in [3.05, 3.63) is 26.6 Å². The van der Waals surface area contributed by atoms with Crippen LogP contribution in [0.5, 0.6) is 0 Å². The first-order valence-corrected chi connectivity index (χ1v) is 8.50. The van der Waals surface area contributed by atoms with Crippen molar-refractivity contribution in [3.8, 4) is 0 Å². The molecule has 22 heavy (non-hydrogen) atoms. The van der Waals surface area contributed by atoms with Gasteiger partial charge in [-0.2, -0.15) is 0 Å². The standard InChI is InChI=1S/C16H21N3O2S/c1-10(20)8-19-13(9-18-6-4-5-7-18)17-15-14(16(19)21)11(2)12(3)22-15/h4-9H2,1-3H3. The van der Waals surface area contributed by atoms with E-state index in [0.717, 1.165) is 34.2 Å². The first kappa shape index (κ1) is 15.4. The van der Waals surface area contributed by atoms with E-state index in [-0.39, 0.29) is 17.9 Å². The van der Waals surface area contributed by atoms with Gasteiger partial charge >= 0.3 is 0 Å². The zero-order chi connectivity index (χ0) is 15.9. The number of hydrogen-bond acceptors (Lipinski definition) is 5. The Kier molecular flexibility index (Phi) is 4.14. The van der Waals surface area contributed by atoms with Gasteiger partial charge in [-0.25, -0.2) is 4.98 Å². The fourth-order valence-corrected chi connectivity index (χ4v) is 4.06. The predicted octanol–water partition coefficient (Wildman–Crippen LogP) is 2.26. The van der Waals surface area contributed by atoms with E-state index in [1.54, 1.807) is 15.9 Å². The number of nitrogens with zero attached hydrogens (tertiary/aromatic N) is 3. The van der Waals surface area contributed by atoms with Gasteiger partial charge in [0.2, 0.25) is 0 Å². The molecule has 0 aliphatic carbocycles. The maximum absolute atomic E-state index is 12.9. The zero-order valence-electron chi connectivity index (χ0n) is 13.3. The van der Waals surface area contributed by atoms with E-state index in [0.29, 0.717) is 11.9 Å². The largest absolute Gasteiger partial charge is 0.298 e. The second-order valence-electron chi connectivity index (χ2n) is 6.07. The lowest BCUT2D eigenvalue weighted by atomic mass is 10.2. The van der Waals surface area contributed by atoms with Crippen molar-refractivity contribution in [2.75, 3.05) is 13.1 Å². The molecule has 0 saturated carbocycles. The minimum atomic E-state index is -0.0729. The molecule has 0 bridgehead atoms. The van der Waals surface area contributed by atoms with Gasteiger partial charge in [0.25, 0.3) is 5.56 Å². The molecule has 1 aliphatic heterocycles. The smallest absolute Gasteiger partial charge is 0.263 e. The number of aryl methyl sites for hydroxylation is 2. The van der Waals surface area contributed by atoms with E-state index < -0.39 is 0 Å². The highest BCUT2D eigenvalue weighted by atomic mass is 32.1. The molecule has 3 heterocycles. The van der Waals surface area contributed by atoms with E-state index in [1.807, 2.05) is 13.8 Å². The van der Waals surface area contributed by atoms with Gasteiger partial charge in [0, 0.05) is 4.88 Å². The number of likely N-dealkylation sites (tertiary alicyclic amines) is 1. The van der Waals surface area contributed by atoms with Gasteiger partial charge in [-0.15, -0.1) is 11.3 Å². The van der Waals surface area contributed by atoms with Crippen molar-refractivity contribution >= 4 is 27.3 Å². The molecule has 2 aromatic rings. The summed E-state index contributed by atoms with van der Waals surface area (Å²) in [7, 11) is 0. The molecule has 0 spiro atoms. The second-order valence-corrected chi connectivity index (χ2v) is 7.27. The lowest BCUT2D eigenvalue weighted by Gasteiger charge is -2.17. The lowest BCUT2D eigenvalue weighted by Crippen LogP contribution is -2.31. The molecule has 118 valence electrons. The molecule has 6 heteroatoms. The minimum absolute atomic E-state index is 0.0180. The number of ketones is 1. The molecule has 1 aliphatic rings. The van der Waals surface area contributed by atoms with Crippen LogP contribution < -0.4 is 5.56 Å². The Morgan fingerprint density at radius 2 is 1.95 bits per heavy atom. The molecule has 2 aromatic heterocycles. The van der Waals surface area contributed by atoms with Crippen LogP contribution in [0.25, 0.3) is 10.2 Å². The normalized spacial score (nSPS) is 15.8. The number of carbonyl (C=O) groups is 1. The average Bonchev–Trinajstić information content (AvgIpc) is 3.04. The van der Waals surface area contributed by atoms with Gasteiger partial charge in [0.05, 0.1) is 18.5 Å². The number of Topliss-reactive ketones (excluding diaryl/α,β-unsaturated/α-hetero) is 1. The Bertz CT molecular complexity index is 785. The molecule has 0 aromatic carbocycles. The number of hydrogen-bond donors (Lipinski definition) is 0. The summed E-state index contributed by atoms with van der Waals surface area (Å²) in [6, 6.07) is 0. The van der Waals surface area contributed by atoms with Crippen molar-refractivity contribution in [1.82, 2.24) is 14.5 Å². The van der Waals surface area contributed by atoms with Gasteiger partial charge in [-0.3, -0.25) is 19.1 Å². The summed E-state index contributed by atoms with van der Waals surface area (Å²) in [5.74, 6) is 0.700. The number of thiophene rings is 1. The van der Waals surface area contributed by atoms with E-state index in [4.69, 9.17) is 4.98 Å². The second kappa shape index (κ2) is 5.93. The number of rotatable bonds is 4. The third kappa shape index (κ3) is 2.73. The Hall–Kier alpha value is -1.53. The molecule has 0 N–H and O–H groups in total. The molecule has 0 unspecified atom stereocenters. The van der Waals surface area contributed by atoms with Crippen LogP contribution in [0.3, 0.4) is 0 Å². The summed E-state index contributed by atoms with van der Waals surface area (Å²) in [6.07, 6.45) is 2.38. The van der Waals surface area contributed by atoms with Crippen LogP contribution in [0.2, 0.25) is 0 Å². The third-order valence-electron chi connectivity index (χ3n) is 4.31. The fourth-order valence-electron chi connectivity index (χ4n) is 3.02. The lowest BCUT2D eigenvalue weighted by molar-refractivity contribution is -0.117. The van der Waals surface area contributed by atoms with E-state index in [1.165, 1.54) is 19.8 Å². The van der Waals surface area contributed by atoms with Gasteiger partial charge in [-0.05, 0) is 52.3 Å². The zero-order valence-corrected chi connectivity index (χ0v) is 14.1. The van der Waals surface area contributed by atoms with Crippen LogP contribution in [-0.4, -0.2) is 33.3 Å². The van der Waals surface area contributed by atoms with Crippen molar-refractivity contribution < 1.29 is 4.79 Å². The summed E-state index contributed by atoms with van der Waals surface area (Å²) in [6.45, 7) is 8.31. The first-order chi connectivity index (χ1) is 10.5. The summed E-state index contributed by atoms with van der Waals surface area (Å²) < 4.78 is 1.57. The molecule has 5 nitrogen and oxygen atoms in total. The van der Waals surface area contributed by atoms with Crippen LogP contribution in [-0.2, 0) is 17.9 Å². The maximum Gasteiger partial charge on any atom is 0.263 e. The topological polar surface area (TPSA) is 55.2 Å². The quantitative estimate of drug-likeness (QED) is 0.867. The maximum atomic E-state index is 12.9. The van der Waals surface area contributed by atoms with Crippen LogP contribution in [0, 0.1) is 13.8 Å². The van der Waals surface area contributed by atoms with E-state index >= 15 is 0 Å². The highest BCUT2D eigenvalue weighted by Crippen LogP contribution is 2.26.